The van der Waals surface area contributed by atoms with Gasteiger partial charge in [0.15, 0.2) is 0 Å². The summed E-state index contributed by atoms with van der Waals surface area (Å²) in [5, 5.41) is 5.07. The molecule has 2 heteroatoms. The van der Waals surface area contributed by atoms with Gasteiger partial charge in [-0.1, -0.05) is 25.1 Å². The van der Waals surface area contributed by atoms with Gasteiger partial charge in [-0.05, 0) is 43.9 Å². The van der Waals surface area contributed by atoms with Crippen molar-refractivity contribution in [2.45, 2.75) is 38.6 Å². The molecule has 0 radical (unpaired) electrons. The first-order valence-corrected chi connectivity index (χ1v) is 6.70. The van der Waals surface area contributed by atoms with E-state index in [2.05, 4.69) is 41.5 Å². The van der Waals surface area contributed by atoms with Crippen molar-refractivity contribution in [2.75, 3.05) is 6.54 Å². The molecule has 0 amide bonds. The topological polar surface area (TPSA) is 27.8 Å². The Labute approximate surface area is 102 Å². The van der Waals surface area contributed by atoms with E-state index in [1.165, 1.54) is 42.3 Å². The molecule has 2 nitrogen and oxygen atoms in total. The molecule has 0 fully saturated rings. The van der Waals surface area contributed by atoms with Gasteiger partial charge < -0.3 is 10.3 Å². The zero-order valence-corrected chi connectivity index (χ0v) is 10.4. The molecule has 1 atom stereocenters. The lowest BCUT2D eigenvalue weighted by molar-refractivity contribution is 0.458. The maximum atomic E-state index is 3.65. The average Bonchev–Trinajstić information content (AvgIpc) is 2.74. The fraction of sp³-hybridized carbons (Fsp3) is 0.467. The summed E-state index contributed by atoms with van der Waals surface area (Å²) in [6.45, 7) is 3.37. The number of aromatic nitrogens is 1. The summed E-state index contributed by atoms with van der Waals surface area (Å²) in [6.07, 6.45) is 4.85. The second-order valence-corrected chi connectivity index (χ2v) is 5.02. The second kappa shape index (κ2) is 4.53. The molecule has 1 aliphatic rings. The molecular weight excluding hydrogens is 208 g/mol. The van der Waals surface area contributed by atoms with Crippen molar-refractivity contribution in [1.29, 1.82) is 0 Å². The minimum atomic E-state index is 0.668. The Bertz CT molecular complexity index is 513. The highest BCUT2D eigenvalue weighted by molar-refractivity contribution is 5.84. The molecule has 90 valence electrons. The van der Waals surface area contributed by atoms with Gasteiger partial charge in [0.25, 0.3) is 0 Å². The van der Waals surface area contributed by atoms with Crippen LogP contribution in [-0.2, 0) is 12.8 Å². The Hall–Kier alpha value is -1.28. The minimum Gasteiger partial charge on any atom is -0.358 e. The molecule has 3 rings (SSSR count). The van der Waals surface area contributed by atoms with Crippen molar-refractivity contribution in [1.82, 2.24) is 10.3 Å². The first kappa shape index (κ1) is 10.8. The molecule has 1 aromatic heterocycles. The molecule has 0 saturated heterocycles. The molecule has 0 aliphatic heterocycles. The van der Waals surface area contributed by atoms with Crippen LogP contribution >= 0.6 is 0 Å². The molecule has 0 saturated carbocycles. The molecule has 0 bridgehead atoms. The molecule has 0 unspecified atom stereocenters. The van der Waals surface area contributed by atoms with Gasteiger partial charge >= 0.3 is 0 Å². The van der Waals surface area contributed by atoms with Crippen LogP contribution in [-0.4, -0.2) is 17.6 Å². The van der Waals surface area contributed by atoms with Crippen LogP contribution in [0, 0.1) is 0 Å². The van der Waals surface area contributed by atoms with E-state index >= 15 is 0 Å². The Morgan fingerprint density at radius 1 is 1.35 bits per heavy atom. The number of benzene rings is 1. The van der Waals surface area contributed by atoms with Gasteiger partial charge in [-0.15, -0.1) is 0 Å². The molecule has 1 heterocycles. The Balaban J connectivity index is 1.89. The summed E-state index contributed by atoms with van der Waals surface area (Å²) < 4.78 is 0. The summed E-state index contributed by atoms with van der Waals surface area (Å²) >= 11 is 0. The lowest BCUT2D eigenvalue weighted by Gasteiger charge is -2.23. The van der Waals surface area contributed by atoms with E-state index in [1.54, 1.807) is 5.56 Å². The Morgan fingerprint density at radius 3 is 3.12 bits per heavy atom. The maximum absolute atomic E-state index is 3.65. The number of para-hydroxylation sites is 1. The standard InChI is InChI=1S/C15H20N2/c1-2-9-16-11-7-8-15-13(10-11)12-5-3-4-6-14(12)17-15/h3-6,11,16-17H,2,7-10H2,1H3/t11-/m1/s1. The SMILES string of the molecule is CCCN[C@@H]1CCc2[nH]c3ccccc3c2C1. The van der Waals surface area contributed by atoms with Gasteiger partial charge in [0.1, 0.15) is 0 Å². The molecule has 2 aromatic rings. The van der Waals surface area contributed by atoms with Gasteiger partial charge in [-0.3, -0.25) is 0 Å². The van der Waals surface area contributed by atoms with Crippen LogP contribution in [0.2, 0.25) is 0 Å². The number of hydrogen-bond acceptors (Lipinski definition) is 1. The van der Waals surface area contributed by atoms with Crippen LogP contribution in [0.5, 0.6) is 0 Å². The summed E-state index contributed by atoms with van der Waals surface area (Å²) in [6, 6.07) is 9.34. The van der Waals surface area contributed by atoms with E-state index in [0.29, 0.717) is 6.04 Å². The Morgan fingerprint density at radius 2 is 2.24 bits per heavy atom. The van der Waals surface area contributed by atoms with Gasteiger partial charge in [0.2, 0.25) is 0 Å². The Kier molecular flexibility index (Phi) is 2.89. The van der Waals surface area contributed by atoms with Crippen molar-refractivity contribution in [3.63, 3.8) is 0 Å². The smallest absolute Gasteiger partial charge is 0.0458 e. The largest absolute Gasteiger partial charge is 0.358 e. The zero-order valence-electron chi connectivity index (χ0n) is 10.4. The summed E-state index contributed by atoms with van der Waals surface area (Å²) in [7, 11) is 0. The van der Waals surface area contributed by atoms with Crippen LogP contribution in [0.3, 0.4) is 0 Å². The van der Waals surface area contributed by atoms with E-state index in [9.17, 15) is 0 Å². The lowest BCUT2D eigenvalue weighted by atomic mass is 9.91. The molecular formula is C15H20N2. The van der Waals surface area contributed by atoms with Crippen LogP contribution < -0.4 is 5.32 Å². The number of H-pyrrole nitrogens is 1. The van der Waals surface area contributed by atoms with E-state index in [-0.39, 0.29) is 0 Å². The third kappa shape index (κ3) is 1.98. The molecule has 1 aliphatic carbocycles. The fourth-order valence-corrected chi connectivity index (χ4v) is 2.89. The lowest BCUT2D eigenvalue weighted by Crippen LogP contribution is -2.34. The van der Waals surface area contributed by atoms with Gasteiger partial charge in [0.05, 0.1) is 0 Å². The first-order chi connectivity index (χ1) is 8.38. The van der Waals surface area contributed by atoms with Crippen molar-refractivity contribution >= 4 is 10.9 Å². The van der Waals surface area contributed by atoms with Crippen LogP contribution in [0.25, 0.3) is 10.9 Å². The third-order valence-electron chi connectivity index (χ3n) is 3.78. The number of aryl methyl sites for hydroxylation is 1. The fourth-order valence-electron chi connectivity index (χ4n) is 2.89. The van der Waals surface area contributed by atoms with E-state index in [1.807, 2.05) is 0 Å². The average molecular weight is 228 g/mol. The van der Waals surface area contributed by atoms with Crippen molar-refractivity contribution in [2.24, 2.45) is 0 Å². The predicted molar refractivity (Wildman–Crippen MR) is 72.4 cm³/mol. The number of rotatable bonds is 3. The molecule has 17 heavy (non-hydrogen) atoms. The summed E-state index contributed by atoms with van der Waals surface area (Å²) in [5.74, 6) is 0. The van der Waals surface area contributed by atoms with Crippen LogP contribution in [0.15, 0.2) is 24.3 Å². The van der Waals surface area contributed by atoms with Gasteiger partial charge in [-0.25, -0.2) is 0 Å². The molecule has 1 aromatic carbocycles. The number of aromatic amines is 1. The van der Waals surface area contributed by atoms with Crippen molar-refractivity contribution < 1.29 is 0 Å². The van der Waals surface area contributed by atoms with Crippen LogP contribution in [0.1, 0.15) is 31.0 Å². The minimum absolute atomic E-state index is 0.668. The summed E-state index contributed by atoms with van der Waals surface area (Å²) in [4.78, 5) is 3.56. The highest BCUT2D eigenvalue weighted by atomic mass is 14.9. The predicted octanol–water partition coefficient (Wildman–Crippen LogP) is 3.02. The monoisotopic (exact) mass is 228 g/mol. The molecule has 0 spiro atoms. The number of fused-ring (bicyclic) bond motifs is 3. The van der Waals surface area contributed by atoms with Gasteiger partial charge in [-0.2, -0.15) is 0 Å². The maximum Gasteiger partial charge on any atom is 0.0458 e. The van der Waals surface area contributed by atoms with Crippen LogP contribution in [0.4, 0.5) is 0 Å². The first-order valence-electron chi connectivity index (χ1n) is 6.70. The van der Waals surface area contributed by atoms with Gasteiger partial charge in [0, 0.05) is 22.6 Å². The number of nitrogens with one attached hydrogen (secondary N) is 2. The molecule has 2 N–H and O–H groups in total. The van der Waals surface area contributed by atoms with E-state index in [4.69, 9.17) is 0 Å². The zero-order chi connectivity index (χ0) is 11.7. The van der Waals surface area contributed by atoms with Crippen molar-refractivity contribution in [3.8, 4) is 0 Å². The highest BCUT2D eigenvalue weighted by Crippen LogP contribution is 2.28. The van der Waals surface area contributed by atoms with E-state index < -0.39 is 0 Å². The summed E-state index contributed by atoms with van der Waals surface area (Å²) in [5.41, 5.74) is 4.30. The third-order valence-corrected chi connectivity index (χ3v) is 3.78. The quantitative estimate of drug-likeness (QED) is 0.830. The highest BCUT2D eigenvalue weighted by Gasteiger charge is 2.21. The van der Waals surface area contributed by atoms with Crippen molar-refractivity contribution in [3.05, 3.63) is 35.5 Å². The van der Waals surface area contributed by atoms with E-state index in [0.717, 1.165) is 6.54 Å². The number of hydrogen-bond donors (Lipinski definition) is 2. The normalized spacial score (nSPS) is 19.5. The second-order valence-electron chi connectivity index (χ2n) is 5.02.